The number of amides is 1. The molecule has 4 aromatic rings. The second-order valence-corrected chi connectivity index (χ2v) is 10.6. The van der Waals surface area contributed by atoms with E-state index in [9.17, 15) is 31.6 Å². The fraction of sp³-hybridized carbons (Fsp3) is 0.143. The van der Waals surface area contributed by atoms with Crippen molar-refractivity contribution in [3.05, 3.63) is 101 Å². The van der Waals surface area contributed by atoms with Crippen molar-refractivity contribution < 1.29 is 36.3 Å². The van der Waals surface area contributed by atoms with Gasteiger partial charge >= 0.3 is 6.18 Å². The van der Waals surface area contributed by atoms with E-state index in [0.29, 0.717) is 11.3 Å². The van der Waals surface area contributed by atoms with E-state index < -0.39 is 27.5 Å². The number of rotatable bonds is 8. The van der Waals surface area contributed by atoms with Crippen LogP contribution in [0, 0.1) is 6.92 Å². The number of halogens is 3. The van der Waals surface area contributed by atoms with Gasteiger partial charge in [-0.25, -0.2) is 18.9 Å². The van der Waals surface area contributed by atoms with Crippen LogP contribution in [0.25, 0.3) is 11.1 Å². The number of ether oxygens (including phenoxy) is 1. The normalized spacial score (nSPS) is 11.7. The van der Waals surface area contributed by atoms with E-state index in [0.717, 1.165) is 6.07 Å². The average Bonchev–Trinajstić information content (AvgIpc) is 2.95. The van der Waals surface area contributed by atoms with Crippen molar-refractivity contribution in [2.24, 2.45) is 0 Å². The van der Waals surface area contributed by atoms with Crippen molar-refractivity contribution >= 4 is 21.4 Å². The number of carbonyl (C=O) groups is 1. The number of alkyl halides is 3. The molecule has 40 heavy (non-hydrogen) atoms. The van der Waals surface area contributed by atoms with Crippen LogP contribution in [0.15, 0.2) is 88.9 Å². The first-order valence-electron chi connectivity index (χ1n) is 11.8. The van der Waals surface area contributed by atoms with Gasteiger partial charge in [-0.05, 0) is 72.1 Å². The zero-order valence-electron chi connectivity index (χ0n) is 21.3. The van der Waals surface area contributed by atoms with Crippen LogP contribution in [-0.4, -0.2) is 31.6 Å². The molecule has 3 aromatic carbocycles. The molecule has 4 rings (SSSR count). The number of anilines is 1. The number of hydroxylamine groups is 1. The van der Waals surface area contributed by atoms with E-state index in [1.807, 2.05) is 0 Å². The first-order valence-corrected chi connectivity index (χ1v) is 13.3. The average molecular weight is 572 g/mol. The fourth-order valence-corrected chi connectivity index (χ4v) is 5.65. The SMILES string of the molecule is COc1ccc(S(=O)(=O)c2ncccc2CNc2c(C)cc(-c3ccccc3C(F)(F)F)cc2C(=O)NO)cc1. The molecule has 0 aliphatic heterocycles. The molecule has 1 aromatic heterocycles. The Morgan fingerprint density at radius 3 is 2.38 bits per heavy atom. The Labute approximate surface area is 228 Å². The van der Waals surface area contributed by atoms with Crippen LogP contribution in [0.5, 0.6) is 5.75 Å². The lowest BCUT2D eigenvalue weighted by molar-refractivity contribution is -0.137. The van der Waals surface area contributed by atoms with E-state index in [4.69, 9.17) is 4.74 Å². The summed E-state index contributed by atoms with van der Waals surface area (Å²) in [5.74, 6) is -0.484. The van der Waals surface area contributed by atoms with Crippen molar-refractivity contribution in [2.45, 2.75) is 29.6 Å². The maximum atomic E-state index is 13.6. The molecule has 1 amide bonds. The van der Waals surface area contributed by atoms with Crippen LogP contribution in [0.2, 0.25) is 0 Å². The number of pyridine rings is 1. The molecule has 0 unspecified atom stereocenters. The number of benzene rings is 3. The van der Waals surface area contributed by atoms with Crippen molar-refractivity contribution in [3.8, 4) is 16.9 Å². The first-order chi connectivity index (χ1) is 19.0. The molecular formula is C28H24F3N3O5S. The molecule has 0 radical (unpaired) electrons. The van der Waals surface area contributed by atoms with Crippen molar-refractivity contribution in [2.75, 3.05) is 12.4 Å². The highest BCUT2D eigenvalue weighted by Crippen LogP contribution is 2.39. The van der Waals surface area contributed by atoms with E-state index in [2.05, 4.69) is 10.3 Å². The quantitative estimate of drug-likeness (QED) is 0.185. The number of nitrogens with one attached hydrogen (secondary N) is 2. The first kappa shape index (κ1) is 28.6. The van der Waals surface area contributed by atoms with Gasteiger partial charge in [-0.1, -0.05) is 24.3 Å². The second-order valence-electron chi connectivity index (χ2n) is 8.70. The number of hydrogen-bond acceptors (Lipinski definition) is 7. The van der Waals surface area contributed by atoms with E-state index >= 15 is 0 Å². The predicted molar refractivity (Wildman–Crippen MR) is 141 cm³/mol. The second kappa shape index (κ2) is 11.4. The molecule has 208 valence electrons. The smallest absolute Gasteiger partial charge is 0.417 e. The standard InChI is InChI=1S/C28H24F3N3O5S/c1-17-14-19(22-7-3-4-8-24(22)28(29,30)31)15-23(26(35)34-36)25(17)33-16-18-6-5-13-32-27(18)40(37,38)21-11-9-20(39-2)10-12-21/h3-15,33,36H,16H2,1-2H3,(H,34,35). The lowest BCUT2D eigenvalue weighted by atomic mass is 9.94. The molecule has 12 heteroatoms. The Bertz CT molecular complexity index is 1660. The third-order valence-corrected chi connectivity index (χ3v) is 7.92. The molecule has 8 nitrogen and oxygen atoms in total. The Morgan fingerprint density at radius 1 is 1.02 bits per heavy atom. The van der Waals surface area contributed by atoms with E-state index in [1.165, 1.54) is 73.4 Å². The van der Waals surface area contributed by atoms with E-state index in [1.54, 1.807) is 19.1 Å². The minimum Gasteiger partial charge on any atom is -0.497 e. The van der Waals surface area contributed by atoms with Crippen LogP contribution in [0.3, 0.4) is 0 Å². The lowest BCUT2D eigenvalue weighted by Crippen LogP contribution is -2.21. The predicted octanol–water partition coefficient (Wildman–Crippen LogP) is 5.65. The largest absolute Gasteiger partial charge is 0.497 e. The van der Waals surface area contributed by atoms with E-state index in [-0.39, 0.29) is 44.4 Å². The van der Waals surface area contributed by atoms with Gasteiger partial charge in [0.1, 0.15) is 5.75 Å². The molecule has 0 aliphatic carbocycles. The highest BCUT2D eigenvalue weighted by molar-refractivity contribution is 7.91. The summed E-state index contributed by atoms with van der Waals surface area (Å²) in [6.45, 7) is 1.47. The maximum absolute atomic E-state index is 13.6. The molecule has 0 saturated carbocycles. The van der Waals surface area contributed by atoms with Crippen LogP contribution in [0.4, 0.5) is 18.9 Å². The maximum Gasteiger partial charge on any atom is 0.417 e. The summed E-state index contributed by atoms with van der Waals surface area (Å²) in [4.78, 5) is 16.7. The molecular weight excluding hydrogens is 547 g/mol. The Hall–Kier alpha value is -4.42. The van der Waals surface area contributed by atoms with Gasteiger partial charge in [0, 0.05) is 18.3 Å². The van der Waals surface area contributed by atoms with Gasteiger partial charge in [-0.2, -0.15) is 13.2 Å². The van der Waals surface area contributed by atoms with Crippen molar-refractivity contribution in [1.29, 1.82) is 0 Å². The van der Waals surface area contributed by atoms with Crippen molar-refractivity contribution in [1.82, 2.24) is 10.5 Å². The molecule has 0 saturated heterocycles. The summed E-state index contributed by atoms with van der Waals surface area (Å²) in [5, 5.41) is 12.1. The topological polar surface area (TPSA) is 118 Å². The number of methoxy groups -OCH3 is 1. The molecule has 0 spiro atoms. The van der Waals surface area contributed by atoms with Gasteiger partial charge in [0.2, 0.25) is 9.84 Å². The molecule has 3 N–H and O–H groups in total. The minimum absolute atomic E-state index is 0.00235. The number of hydrogen-bond donors (Lipinski definition) is 3. The molecule has 0 atom stereocenters. The number of aryl methyl sites for hydroxylation is 1. The van der Waals surface area contributed by atoms with Crippen molar-refractivity contribution in [3.63, 3.8) is 0 Å². The zero-order valence-corrected chi connectivity index (χ0v) is 22.1. The van der Waals surface area contributed by atoms with Crippen LogP contribution in [0.1, 0.15) is 27.0 Å². The molecule has 0 fully saturated rings. The number of aromatic nitrogens is 1. The highest BCUT2D eigenvalue weighted by Gasteiger charge is 2.33. The number of sulfone groups is 1. The summed E-state index contributed by atoms with van der Waals surface area (Å²) in [6, 6.07) is 16.5. The van der Waals surface area contributed by atoms with Gasteiger partial charge in [-0.3, -0.25) is 10.0 Å². The lowest BCUT2D eigenvalue weighted by Gasteiger charge is -2.19. The Kier molecular flexibility index (Phi) is 8.12. The van der Waals surface area contributed by atoms with Gasteiger partial charge in [0.15, 0.2) is 5.03 Å². The van der Waals surface area contributed by atoms with Gasteiger partial charge < -0.3 is 10.1 Å². The third-order valence-electron chi connectivity index (χ3n) is 6.16. The minimum atomic E-state index is -4.63. The number of nitrogens with zero attached hydrogens (tertiary/aromatic N) is 1. The van der Waals surface area contributed by atoms with Crippen LogP contribution in [-0.2, 0) is 22.6 Å². The third kappa shape index (κ3) is 5.77. The van der Waals surface area contributed by atoms with Gasteiger partial charge in [-0.15, -0.1) is 0 Å². The fourth-order valence-electron chi connectivity index (χ4n) is 4.25. The number of carbonyl (C=O) groups excluding carboxylic acids is 1. The monoisotopic (exact) mass is 571 g/mol. The van der Waals surface area contributed by atoms with Gasteiger partial charge in [0.05, 0.1) is 28.8 Å². The summed E-state index contributed by atoms with van der Waals surface area (Å²) >= 11 is 0. The highest BCUT2D eigenvalue weighted by atomic mass is 32.2. The zero-order chi connectivity index (χ0) is 29.1. The Morgan fingerprint density at radius 2 is 1.73 bits per heavy atom. The summed E-state index contributed by atoms with van der Waals surface area (Å²) < 4.78 is 72.7. The van der Waals surface area contributed by atoms with Crippen LogP contribution < -0.4 is 15.5 Å². The summed E-state index contributed by atoms with van der Waals surface area (Å²) in [6.07, 6.45) is -3.30. The van der Waals surface area contributed by atoms with Gasteiger partial charge in [0.25, 0.3) is 5.91 Å². The molecule has 1 heterocycles. The Balaban J connectivity index is 1.73. The van der Waals surface area contributed by atoms with Crippen LogP contribution >= 0.6 is 0 Å². The molecule has 0 bridgehead atoms. The summed E-state index contributed by atoms with van der Waals surface area (Å²) in [7, 11) is -2.57. The summed E-state index contributed by atoms with van der Waals surface area (Å²) in [5.41, 5.74) is 1.32. The molecule has 0 aliphatic rings.